The van der Waals surface area contributed by atoms with E-state index in [0.29, 0.717) is 24.1 Å². The number of hydrogen-bond donors (Lipinski definition) is 2. The van der Waals surface area contributed by atoms with Crippen LogP contribution >= 0.6 is 0 Å². The highest BCUT2D eigenvalue weighted by atomic mass is 16.1. The van der Waals surface area contributed by atoms with Gasteiger partial charge in [0.2, 0.25) is 0 Å². The molecule has 0 aromatic heterocycles. The molecule has 0 saturated heterocycles. The standard InChI is InChI=1S/C26H46N4O/c1-5-6-18-7-9-20-19(13-18)8-10-22-21(20)11-12-26(4)23(22)14-24(31)25(26)16(2)15-30(28)29-17(3)27/h16,18-23,25H,5-15,28H2,1-4H3,(H2,27,29). The first kappa shape index (κ1) is 23.1. The summed E-state index contributed by atoms with van der Waals surface area (Å²) in [7, 11) is 0. The molecule has 176 valence electrons. The summed E-state index contributed by atoms with van der Waals surface area (Å²) in [5, 5.41) is 5.60. The quantitative estimate of drug-likeness (QED) is 0.270. The fourth-order valence-corrected chi connectivity index (χ4v) is 9.06. The highest BCUT2D eigenvalue weighted by Gasteiger charge is 2.60. The number of nitrogens with zero attached hydrogens (tertiary/aromatic N) is 2. The van der Waals surface area contributed by atoms with Crippen molar-refractivity contribution in [1.29, 1.82) is 0 Å². The van der Waals surface area contributed by atoms with Crippen LogP contribution in [0, 0.1) is 52.8 Å². The van der Waals surface area contributed by atoms with Crippen LogP contribution in [0.25, 0.3) is 0 Å². The summed E-state index contributed by atoms with van der Waals surface area (Å²) in [6.45, 7) is 9.30. The van der Waals surface area contributed by atoms with Gasteiger partial charge in [-0.05, 0) is 92.3 Å². The largest absolute Gasteiger partial charge is 0.386 e. The Kier molecular flexibility index (Phi) is 6.72. The topological polar surface area (TPSA) is 84.7 Å². The predicted octanol–water partition coefficient (Wildman–Crippen LogP) is 4.95. The zero-order valence-electron chi connectivity index (χ0n) is 20.4. The second-order valence-corrected chi connectivity index (χ2v) is 11.9. The van der Waals surface area contributed by atoms with Crippen molar-refractivity contribution >= 4 is 11.6 Å². The van der Waals surface area contributed by atoms with Crippen molar-refractivity contribution in [3.63, 3.8) is 0 Å². The summed E-state index contributed by atoms with van der Waals surface area (Å²) in [6, 6.07) is 0. The lowest BCUT2D eigenvalue weighted by atomic mass is 9.48. The molecule has 4 fully saturated rings. The van der Waals surface area contributed by atoms with E-state index in [4.69, 9.17) is 11.6 Å². The van der Waals surface area contributed by atoms with Crippen LogP contribution in [-0.4, -0.2) is 23.3 Å². The van der Waals surface area contributed by atoms with Crippen molar-refractivity contribution in [2.45, 2.75) is 91.9 Å². The molecule has 0 amide bonds. The van der Waals surface area contributed by atoms with Crippen molar-refractivity contribution in [3.05, 3.63) is 0 Å². The molecule has 0 aromatic rings. The second-order valence-electron chi connectivity index (χ2n) is 11.9. The molecule has 9 unspecified atom stereocenters. The maximum atomic E-state index is 13.3. The van der Waals surface area contributed by atoms with Gasteiger partial charge in [-0.3, -0.25) is 4.79 Å². The summed E-state index contributed by atoms with van der Waals surface area (Å²) < 4.78 is 0. The molecule has 4 saturated carbocycles. The van der Waals surface area contributed by atoms with Crippen LogP contribution in [0.2, 0.25) is 0 Å². The fourth-order valence-electron chi connectivity index (χ4n) is 9.06. The Morgan fingerprint density at radius 2 is 1.94 bits per heavy atom. The minimum absolute atomic E-state index is 0.107. The molecule has 5 heteroatoms. The minimum Gasteiger partial charge on any atom is -0.386 e. The summed E-state index contributed by atoms with van der Waals surface area (Å²) in [5.41, 5.74) is 5.83. The SMILES string of the molecule is CCCC1CCC2C(CCC3C2CCC2(C)C3CC(=O)C2C(C)CN(N)/N=C(/C)N)C1. The van der Waals surface area contributed by atoms with Gasteiger partial charge in [-0.1, -0.05) is 40.0 Å². The molecule has 4 aliphatic carbocycles. The Morgan fingerprint density at radius 3 is 2.65 bits per heavy atom. The number of Topliss-reactive ketones (excluding diaryl/α,β-unsaturated/α-hetero) is 1. The van der Waals surface area contributed by atoms with Crippen LogP contribution in [0.3, 0.4) is 0 Å². The molecule has 0 spiro atoms. The smallest absolute Gasteiger partial charge is 0.137 e. The number of carbonyl (C=O) groups excluding carboxylic acids is 1. The van der Waals surface area contributed by atoms with Crippen LogP contribution in [0.1, 0.15) is 91.9 Å². The van der Waals surface area contributed by atoms with E-state index >= 15 is 0 Å². The molecule has 5 nitrogen and oxygen atoms in total. The average Bonchev–Trinajstić information content (AvgIpc) is 2.97. The first-order chi connectivity index (χ1) is 14.7. The number of hydrazine groups is 1. The number of hydrazone groups is 1. The zero-order valence-corrected chi connectivity index (χ0v) is 20.4. The average molecular weight is 431 g/mol. The van der Waals surface area contributed by atoms with E-state index in [1.54, 1.807) is 6.92 Å². The Bertz CT molecular complexity index is 689. The maximum Gasteiger partial charge on any atom is 0.137 e. The van der Waals surface area contributed by atoms with Gasteiger partial charge in [0.15, 0.2) is 0 Å². The van der Waals surface area contributed by atoms with Gasteiger partial charge in [0, 0.05) is 12.3 Å². The predicted molar refractivity (Wildman–Crippen MR) is 127 cm³/mol. The fraction of sp³-hybridized carbons (Fsp3) is 0.923. The van der Waals surface area contributed by atoms with Crippen LogP contribution in [-0.2, 0) is 4.79 Å². The number of hydrogen-bond acceptors (Lipinski definition) is 4. The Labute approximate surface area is 189 Å². The molecule has 0 aliphatic heterocycles. The third kappa shape index (κ3) is 4.28. The lowest BCUT2D eigenvalue weighted by molar-refractivity contribution is -0.125. The van der Waals surface area contributed by atoms with E-state index in [2.05, 4.69) is 25.9 Å². The molecule has 0 aromatic carbocycles. The number of ketones is 1. The molecule has 4 aliphatic rings. The van der Waals surface area contributed by atoms with Gasteiger partial charge < -0.3 is 5.73 Å². The molecule has 4 N–H and O–H groups in total. The number of carbonyl (C=O) groups is 1. The summed E-state index contributed by atoms with van der Waals surface area (Å²) in [4.78, 5) is 13.3. The second kappa shape index (κ2) is 9.03. The van der Waals surface area contributed by atoms with Crippen molar-refractivity contribution in [2.75, 3.05) is 6.54 Å². The molecular weight excluding hydrogens is 384 g/mol. The van der Waals surface area contributed by atoms with Crippen molar-refractivity contribution in [1.82, 2.24) is 5.12 Å². The van der Waals surface area contributed by atoms with Gasteiger partial charge in [0.05, 0.1) is 6.54 Å². The van der Waals surface area contributed by atoms with Gasteiger partial charge in [0.1, 0.15) is 11.6 Å². The zero-order chi connectivity index (χ0) is 22.3. The molecule has 9 atom stereocenters. The molecular formula is C26H46N4O. The van der Waals surface area contributed by atoms with E-state index in [9.17, 15) is 4.79 Å². The Morgan fingerprint density at radius 1 is 1.19 bits per heavy atom. The number of amidine groups is 1. The third-order valence-corrected chi connectivity index (χ3v) is 10.0. The van der Waals surface area contributed by atoms with Gasteiger partial charge in [-0.15, -0.1) is 5.10 Å². The highest BCUT2D eigenvalue weighted by molar-refractivity contribution is 5.85. The number of rotatable bonds is 6. The van der Waals surface area contributed by atoms with Crippen molar-refractivity contribution < 1.29 is 4.79 Å². The molecule has 0 heterocycles. The molecule has 4 rings (SSSR count). The van der Waals surface area contributed by atoms with E-state index in [1.165, 1.54) is 62.9 Å². The first-order valence-corrected chi connectivity index (χ1v) is 13.1. The van der Waals surface area contributed by atoms with Crippen molar-refractivity contribution in [3.8, 4) is 0 Å². The Balaban J connectivity index is 1.47. The molecule has 31 heavy (non-hydrogen) atoms. The van der Waals surface area contributed by atoms with E-state index in [0.717, 1.165) is 36.0 Å². The van der Waals surface area contributed by atoms with Crippen LogP contribution in [0.5, 0.6) is 0 Å². The number of fused-ring (bicyclic) bond motifs is 5. The van der Waals surface area contributed by atoms with Gasteiger partial charge in [-0.25, -0.2) is 11.0 Å². The van der Waals surface area contributed by atoms with Gasteiger partial charge in [0.25, 0.3) is 0 Å². The summed E-state index contributed by atoms with van der Waals surface area (Å²) in [5.74, 6) is 12.4. The van der Waals surface area contributed by atoms with Crippen LogP contribution in [0.4, 0.5) is 0 Å². The summed E-state index contributed by atoms with van der Waals surface area (Å²) in [6.07, 6.45) is 13.3. The first-order valence-electron chi connectivity index (χ1n) is 13.1. The third-order valence-electron chi connectivity index (χ3n) is 10.0. The molecule has 0 radical (unpaired) electrons. The molecule has 0 bridgehead atoms. The van der Waals surface area contributed by atoms with E-state index in [-0.39, 0.29) is 17.3 Å². The normalized spacial score (nSPS) is 43.7. The Hall–Kier alpha value is -1.10. The maximum absolute atomic E-state index is 13.3. The van der Waals surface area contributed by atoms with Gasteiger partial charge in [-0.2, -0.15) is 0 Å². The summed E-state index contributed by atoms with van der Waals surface area (Å²) >= 11 is 0. The van der Waals surface area contributed by atoms with Crippen molar-refractivity contribution in [2.24, 2.45) is 69.4 Å². The van der Waals surface area contributed by atoms with Crippen LogP contribution < -0.4 is 11.6 Å². The lowest BCUT2D eigenvalue weighted by Gasteiger charge is -2.56. The monoisotopic (exact) mass is 430 g/mol. The minimum atomic E-state index is 0.107. The van der Waals surface area contributed by atoms with E-state index < -0.39 is 0 Å². The lowest BCUT2D eigenvalue weighted by Crippen LogP contribution is -2.50. The number of nitrogens with two attached hydrogens (primary N) is 2. The van der Waals surface area contributed by atoms with E-state index in [1.807, 2.05) is 0 Å². The van der Waals surface area contributed by atoms with Gasteiger partial charge >= 0.3 is 0 Å². The highest BCUT2D eigenvalue weighted by Crippen LogP contribution is 2.64. The van der Waals surface area contributed by atoms with Crippen LogP contribution in [0.15, 0.2) is 5.10 Å².